The lowest BCUT2D eigenvalue weighted by molar-refractivity contribution is 0.0702. The Balaban J connectivity index is 1.60. The highest BCUT2D eigenvalue weighted by molar-refractivity contribution is 5.93. The molecule has 1 aromatic heterocycles. The fourth-order valence-electron chi connectivity index (χ4n) is 4.70. The highest BCUT2D eigenvalue weighted by Gasteiger charge is 2.26. The number of rotatable bonds is 3. The molecule has 6 nitrogen and oxygen atoms in total. The minimum Gasteiger partial charge on any atom is -0.336 e. The van der Waals surface area contributed by atoms with Gasteiger partial charge in [0.2, 0.25) is 0 Å². The van der Waals surface area contributed by atoms with Gasteiger partial charge in [-0.2, -0.15) is 10.4 Å². The third-order valence-electron chi connectivity index (χ3n) is 6.39. The van der Waals surface area contributed by atoms with Crippen LogP contribution in [0.5, 0.6) is 0 Å². The summed E-state index contributed by atoms with van der Waals surface area (Å²) in [4.78, 5) is 14.9. The van der Waals surface area contributed by atoms with Crippen LogP contribution >= 0.6 is 0 Å². The molecule has 5 rings (SSSR count). The lowest BCUT2D eigenvalue weighted by Gasteiger charge is -2.30. The van der Waals surface area contributed by atoms with Crippen LogP contribution in [0.3, 0.4) is 0 Å². The second kappa shape index (κ2) is 8.21. The number of nitrogens with two attached hydrogens (primary N) is 1. The number of nitriles is 1. The smallest absolute Gasteiger partial charge is 0.274 e. The van der Waals surface area contributed by atoms with Crippen molar-refractivity contribution in [2.24, 2.45) is 5.73 Å². The Hall–Kier alpha value is -3.50. The van der Waals surface area contributed by atoms with Crippen LogP contribution in [0.2, 0.25) is 0 Å². The maximum absolute atomic E-state index is 14.4. The van der Waals surface area contributed by atoms with Gasteiger partial charge >= 0.3 is 0 Å². The molecule has 1 aliphatic heterocycles. The normalized spacial score (nSPS) is 17.8. The van der Waals surface area contributed by atoms with Crippen molar-refractivity contribution < 1.29 is 9.18 Å². The van der Waals surface area contributed by atoms with E-state index in [1.807, 2.05) is 12.1 Å². The van der Waals surface area contributed by atoms with E-state index in [1.54, 1.807) is 21.7 Å². The van der Waals surface area contributed by atoms with E-state index in [-0.39, 0.29) is 17.5 Å². The van der Waals surface area contributed by atoms with E-state index in [1.165, 1.54) is 23.3 Å². The van der Waals surface area contributed by atoms with Crippen molar-refractivity contribution >= 4 is 5.91 Å². The predicted molar refractivity (Wildman–Crippen MR) is 119 cm³/mol. The minimum atomic E-state index is -0.596. The van der Waals surface area contributed by atoms with Crippen LogP contribution in [0.25, 0.3) is 16.9 Å². The first-order valence-corrected chi connectivity index (χ1v) is 11.0. The zero-order chi connectivity index (χ0) is 22.2. The molecule has 162 valence electrons. The number of piperidine rings is 1. The molecule has 1 aliphatic carbocycles. The van der Waals surface area contributed by atoms with E-state index in [4.69, 9.17) is 11.0 Å². The molecule has 1 amide bonds. The van der Waals surface area contributed by atoms with Gasteiger partial charge in [-0.15, -0.1) is 0 Å². The third kappa shape index (κ3) is 3.67. The summed E-state index contributed by atoms with van der Waals surface area (Å²) in [6.07, 6.45) is 4.99. The number of nitrogens with zero attached hydrogens (tertiary/aromatic N) is 4. The summed E-state index contributed by atoms with van der Waals surface area (Å²) >= 11 is 0. The van der Waals surface area contributed by atoms with E-state index in [0.717, 1.165) is 37.8 Å². The van der Waals surface area contributed by atoms with Crippen molar-refractivity contribution in [1.29, 1.82) is 5.26 Å². The van der Waals surface area contributed by atoms with Gasteiger partial charge in [0.25, 0.3) is 5.91 Å². The molecule has 1 fully saturated rings. The Bertz CT molecular complexity index is 1210. The highest BCUT2D eigenvalue weighted by Crippen LogP contribution is 2.30. The number of likely N-dealkylation sites (tertiary alicyclic amines) is 1. The topological polar surface area (TPSA) is 87.9 Å². The minimum absolute atomic E-state index is 0.0176. The molecule has 3 aromatic rings. The van der Waals surface area contributed by atoms with Gasteiger partial charge < -0.3 is 10.6 Å². The number of hydrogen-bond donors (Lipinski definition) is 1. The third-order valence-corrected chi connectivity index (χ3v) is 6.39. The zero-order valence-electron chi connectivity index (χ0n) is 17.7. The van der Waals surface area contributed by atoms with Gasteiger partial charge in [0.15, 0.2) is 5.69 Å². The van der Waals surface area contributed by atoms with Crippen molar-refractivity contribution in [3.8, 4) is 23.0 Å². The van der Waals surface area contributed by atoms with E-state index in [0.29, 0.717) is 30.0 Å². The average molecular weight is 429 g/mol. The largest absolute Gasteiger partial charge is 0.336 e. The van der Waals surface area contributed by atoms with Gasteiger partial charge in [0.05, 0.1) is 16.9 Å². The van der Waals surface area contributed by atoms with Gasteiger partial charge in [0, 0.05) is 24.7 Å². The quantitative estimate of drug-likeness (QED) is 0.689. The van der Waals surface area contributed by atoms with Crippen LogP contribution in [0.15, 0.2) is 42.5 Å². The van der Waals surface area contributed by atoms with Gasteiger partial charge in [-0.1, -0.05) is 12.1 Å². The highest BCUT2D eigenvalue weighted by atomic mass is 19.1. The van der Waals surface area contributed by atoms with E-state index in [9.17, 15) is 9.18 Å². The van der Waals surface area contributed by atoms with Gasteiger partial charge in [0.1, 0.15) is 11.9 Å². The summed E-state index contributed by atoms with van der Waals surface area (Å²) in [5.41, 5.74) is 11.0. The summed E-state index contributed by atoms with van der Waals surface area (Å²) in [5, 5.41) is 13.7. The predicted octanol–water partition coefficient (Wildman–Crippen LogP) is 3.60. The second-order valence-corrected chi connectivity index (χ2v) is 8.59. The molecule has 2 aromatic carbocycles. The van der Waals surface area contributed by atoms with Gasteiger partial charge in [-0.25, -0.2) is 9.07 Å². The molecule has 0 bridgehead atoms. The Kier molecular flexibility index (Phi) is 5.24. The summed E-state index contributed by atoms with van der Waals surface area (Å²) in [6, 6.07) is 14.2. The molecule has 7 heteroatoms. The Labute approximate surface area is 186 Å². The van der Waals surface area contributed by atoms with Crippen molar-refractivity contribution in [2.75, 3.05) is 13.1 Å². The van der Waals surface area contributed by atoms with Crippen molar-refractivity contribution in [3.05, 3.63) is 70.7 Å². The molecule has 1 unspecified atom stereocenters. The number of hydrogen-bond acceptors (Lipinski definition) is 4. The first kappa shape index (κ1) is 20.4. The molecule has 2 heterocycles. The summed E-state index contributed by atoms with van der Waals surface area (Å²) < 4.78 is 16.1. The SMILES string of the molecule is N#Cc1ccc(-c2cc(C(=O)N3CCCC(N)C3)nn2-c2ccc3c(c2)CCC3)cc1F. The van der Waals surface area contributed by atoms with Crippen LogP contribution in [0, 0.1) is 17.1 Å². The van der Waals surface area contributed by atoms with Crippen molar-refractivity contribution in [3.63, 3.8) is 0 Å². The molecular formula is C25H24FN5O. The molecule has 1 atom stereocenters. The second-order valence-electron chi connectivity index (χ2n) is 8.59. The van der Waals surface area contributed by atoms with Gasteiger partial charge in [-0.3, -0.25) is 4.79 Å². The van der Waals surface area contributed by atoms with Crippen LogP contribution < -0.4 is 5.73 Å². The van der Waals surface area contributed by atoms with E-state index < -0.39 is 5.82 Å². The lowest BCUT2D eigenvalue weighted by Crippen LogP contribution is -2.45. The standard InChI is InChI=1S/C25H24FN5O/c26-22-12-18(6-7-19(22)14-27)24-13-23(25(32)30-10-2-5-20(28)15-30)29-31(24)21-9-8-16-3-1-4-17(16)11-21/h6-9,11-13,20H,1-5,10,15,28H2. The maximum atomic E-state index is 14.4. The number of carbonyl (C=O) groups excluding carboxylic acids is 1. The first-order chi connectivity index (χ1) is 15.5. The number of carbonyl (C=O) groups is 1. The molecule has 2 aliphatic rings. The molecule has 1 saturated heterocycles. The fraction of sp³-hybridized carbons (Fsp3) is 0.320. The van der Waals surface area contributed by atoms with Gasteiger partial charge in [-0.05, 0) is 73.6 Å². The van der Waals surface area contributed by atoms with Crippen LogP contribution in [0.4, 0.5) is 4.39 Å². The monoisotopic (exact) mass is 429 g/mol. The maximum Gasteiger partial charge on any atom is 0.274 e. The Morgan fingerprint density at radius 3 is 2.75 bits per heavy atom. The zero-order valence-corrected chi connectivity index (χ0v) is 17.7. The molecule has 0 spiro atoms. The number of aromatic nitrogens is 2. The molecule has 0 radical (unpaired) electrons. The van der Waals surface area contributed by atoms with Crippen LogP contribution in [-0.2, 0) is 12.8 Å². The van der Waals surface area contributed by atoms with Crippen LogP contribution in [0.1, 0.15) is 46.4 Å². The number of aryl methyl sites for hydroxylation is 2. The summed E-state index contributed by atoms with van der Waals surface area (Å²) in [7, 11) is 0. The average Bonchev–Trinajstić information content (AvgIpc) is 3.45. The number of benzene rings is 2. The molecule has 2 N–H and O–H groups in total. The summed E-state index contributed by atoms with van der Waals surface area (Å²) in [5.74, 6) is -0.767. The molecule has 0 saturated carbocycles. The Morgan fingerprint density at radius 2 is 1.97 bits per heavy atom. The molecular weight excluding hydrogens is 405 g/mol. The summed E-state index contributed by atoms with van der Waals surface area (Å²) in [6.45, 7) is 1.16. The molecule has 32 heavy (non-hydrogen) atoms. The Morgan fingerprint density at radius 1 is 1.12 bits per heavy atom. The van der Waals surface area contributed by atoms with Crippen LogP contribution in [-0.4, -0.2) is 39.7 Å². The van der Waals surface area contributed by atoms with Crippen molar-refractivity contribution in [1.82, 2.24) is 14.7 Å². The van der Waals surface area contributed by atoms with Crippen molar-refractivity contribution in [2.45, 2.75) is 38.1 Å². The lowest BCUT2D eigenvalue weighted by atomic mass is 10.1. The number of halogens is 1. The van der Waals surface area contributed by atoms with E-state index >= 15 is 0 Å². The number of fused-ring (bicyclic) bond motifs is 1. The first-order valence-electron chi connectivity index (χ1n) is 11.0. The number of amides is 1. The fourth-order valence-corrected chi connectivity index (χ4v) is 4.70. The van der Waals surface area contributed by atoms with E-state index in [2.05, 4.69) is 17.2 Å².